The highest BCUT2D eigenvalue weighted by atomic mass is 32.2. The third-order valence-electron chi connectivity index (χ3n) is 6.79. The number of benzene rings is 1. The fourth-order valence-electron chi connectivity index (χ4n) is 5.23. The van der Waals surface area contributed by atoms with Crippen molar-refractivity contribution in [2.24, 2.45) is 22.9 Å². The van der Waals surface area contributed by atoms with Crippen molar-refractivity contribution in [3.63, 3.8) is 0 Å². The minimum atomic E-state index is -3.79. The highest BCUT2D eigenvalue weighted by Gasteiger charge is 2.42. The minimum absolute atomic E-state index is 0.0233. The number of hydrogen-bond acceptors (Lipinski definition) is 5. The Kier molecular flexibility index (Phi) is 5.89. The molecule has 2 saturated carbocycles. The van der Waals surface area contributed by atoms with Gasteiger partial charge >= 0.3 is 0 Å². The summed E-state index contributed by atoms with van der Waals surface area (Å²) in [6.07, 6.45) is 5.23. The average Bonchev–Trinajstić information content (AvgIpc) is 3.40. The number of nitrogens with one attached hydrogen (secondary N) is 1. The van der Waals surface area contributed by atoms with E-state index in [1.807, 2.05) is 18.4 Å². The van der Waals surface area contributed by atoms with E-state index in [-0.39, 0.29) is 22.1 Å². The van der Waals surface area contributed by atoms with E-state index in [0.717, 1.165) is 17.4 Å². The Balaban J connectivity index is 1.47. The van der Waals surface area contributed by atoms with Gasteiger partial charge in [-0.1, -0.05) is 18.2 Å². The second-order valence-electron chi connectivity index (χ2n) is 8.73. The second-order valence-corrected chi connectivity index (χ2v) is 11.6. The van der Waals surface area contributed by atoms with Gasteiger partial charge in [-0.3, -0.25) is 4.79 Å². The summed E-state index contributed by atoms with van der Waals surface area (Å²) in [4.78, 5) is 17.5. The zero-order valence-corrected chi connectivity index (χ0v) is 19.3. The number of imidazole rings is 1. The Morgan fingerprint density at radius 3 is 2.70 bits per heavy atom. The largest absolute Gasteiger partial charge is 0.352 e. The first-order valence-corrected chi connectivity index (χ1v) is 13.1. The molecule has 1 aromatic heterocycles. The van der Waals surface area contributed by atoms with Crippen LogP contribution in [-0.4, -0.2) is 35.2 Å². The molecule has 5 atom stereocenters. The Morgan fingerprint density at radius 1 is 1.33 bits per heavy atom. The van der Waals surface area contributed by atoms with Crippen molar-refractivity contribution in [2.45, 2.75) is 74.3 Å². The molecule has 0 unspecified atom stereocenters. The van der Waals surface area contributed by atoms with Crippen molar-refractivity contribution in [3.8, 4) is 0 Å². The number of aromatic nitrogens is 2. The quantitative estimate of drug-likeness (QED) is 0.630. The van der Waals surface area contributed by atoms with E-state index >= 15 is 0 Å². The number of carbonyl (C=O) groups excluding carboxylic acids is 1. The minimum Gasteiger partial charge on any atom is -0.352 e. The molecule has 2 aliphatic carbocycles. The SMILES string of the molecule is CCn1c(S[C@H](C)C(=O)N[C@H](C)[C@@H]2C[C@H]3CC[C@H]2C3)nc2cc(S(N)(=O)=O)ccc21. The first-order valence-electron chi connectivity index (χ1n) is 10.7. The van der Waals surface area contributed by atoms with Crippen LogP contribution < -0.4 is 10.5 Å². The molecule has 9 heteroatoms. The lowest BCUT2D eigenvalue weighted by atomic mass is 9.84. The summed E-state index contributed by atoms with van der Waals surface area (Å²) in [5, 5.41) is 8.88. The van der Waals surface area contributed by atoms with E-state index in [1.54, 1.807) is 6.07 Å². The van der Waals surface area contributed by atoms with E-state index in [2.05, 4.69) is 17.2 Å². The van der Waals surface area contributed by atoms with Gasteiger partial charge in [0.25, 0.3) is 0 Å². The molecule has 0 radical (unpaired) electrons. The Bertz CT molecular complexity index is 1070. The molecule has 4 rings (SSSR count). The van der Waals surface area contributed by atoms with Crippen LogP contribution in [-0.2, 0) is 21.4 Å². The number of primary sulfonamides is 1. The highest BCUT2D eigenvalue weighted by molar-refractivity contribution is 8.00. The van der Waals surface area contributed by atoms with Gasteiger partial charge in [0.15, 0.2) is 5.16 Å². The molecule has 0 saturated heterocycles. The fraction of sp³-hybridized carbons (Fsp3) is 0.619. The number of fused-ring (bicyclic) bond motifs is 3. The van der Waals surface area contributed by atoms with Crippen molar-refractivity contribution >= 4 is 38.7 Å². The van der Waals surface area contributed by atoms with Gasteiger partial charge in [0.2, 0.25) is 15.9 Å². The monoisotopic (exact) mass is 450 g/mol. The van der Waals surface area contributed by atoms with Crippen LogP contribution in [0.25, 0.3) is 11.0 Å². The van der Waals surface area contributed by atoms with Crippen LogP contribution in [0.15, 0.2) is 28.3 Å². The van der Waals surface area contributed by atoms with Gasteiger partial charge in [-0.2, -0.15) is 0 Å². The number of nitrogens with two attached hydrogens (primary N) is 1. The van der Waals surface area contributed by atoms with Gasteiger partial charge < -0.3 is 9.88 Å². The van der Waals surface area contributed by atoms with Gasteiger partial charge in [-0.05, 0) is 76.0 Å². The molecule has 2 aliphatic rings. The number of rotatable bonds is 7. The molecule has 1 aromatic carbocycles. The number of hydrogen-bond donors (Lipinski definition) is 2. The third-order valence-corrected chi connectivity index (χ3v) is 8.79. The molecule has 2 bridgehead atoms. The van der Waals surface area contributed by atoms with E-state index < -0.39 is 10.0 Å². The van der Waals surface area contributed by atoms with Gasteiger partial charge in [0.1, 0.15) is 0 Å². The molecule has 7 nitrogen and oxygen atoms in total. The first-order chi connectivity index (χ1) is 14.2. The number of carbonyl (C=O) groups is 1. The maximum Gasteiger partial charge on any atom is 0.238 e. The predicted molar refractivity (Wildman–Crippen MR) is 119 cm³/mol. The molecule has 164 valence electrons. The molecule has 1 heterocycles. The standard InChI is InChI=1S/C21H30N4O3S2/c1-4-25-19-8-7-16(30(22,27)28)11-18(19)24-21(25)29-13(3)20(26)23-12(2)17-10-14-5-6-15(17)9-14/h7-8,11-15,17H,4-6,9-10H2,1-3H3,(H,23,26)(H2,22,27,28)/t12-,13-,14+,15+,17+/m1/s1. The molecule has 0 aliphatic heterocycles. The summed E-state index contributed by atoms with van der Waals surface area (Å²) in [6.45, 7) is 6.70. The van der Waals surface area contributed by atoms with Crippen LogP contribution in [0.3, 0.4) is 0 Å². The van der Waals surface area contributed by atoms with Crippen molar-refractivity contribution in [3.05, 3.63) is 18.2 Å². The lowest BCUT2D eigenvalue weighted by Gasteiger charge is -2.29. The van der Waals surface area contributed by atoms with Crippen LogP contribution in [0.2, 0.25) is 0 Å². The Hall–Kier alpha value is -1.58. The van der Waals surface area contributed by atoms with Crippen molar-refractivity contribution < 1.29 is 13.2 Å². The number of amides is 1. The Labute approximate surface area is 182 Å². The Morgan fingerprint density at radius 2 is 2.10 bits per heavy atom. The van der Waals surface area contributed by atoms with Gasteiger partial charge in [0.05, 0.1) is 21.2 Å². The fourth-order valence-corrected chi connectivity index (χ4v) is 6.76. The van der Waals surface area contributed by atoms with Crippen LogP contribution in [0.4, 0.5) is 0 Å². The molecular weight excluding hydrogens is 420 g/mol. The van der Waals surface area contributed by atoms with Crippen molar-refractivity contribution in [1.82, 2.24) is 14.9 Å². The maximum atomic E-state index is 12.9. The number of nitrogens with zero attached hydrogens (tertiary/aromatic N) is 2. The number of thioether (sulfide) groups is 1. The summed E-state index contributed by atoms with van der Waals surface area (Å²) in [7, 11) is -3.79. The smallest absolute Gasteiger partial charge is 0.238 e. The first kappa shape index (κ1) is 21.6. The van der Waals surface area contributed by atoms with E-state index in [9.17, 15) is 13.2 Å². The van der Waals surface area contributed by atoms with Crippen molar-refractivity contribution in [2.75, 3.05) is 0 Å². The number of aryl methyl sites for hydroxylation is 1. The van der Waals surface area contributed by atoms with Crippen LogP contribution >= 0.6 is 11.8 Å². The van der Waals surface area contributed by atoms with Gasteiger partial charge in [-0.25, -0.2) is 18.5 Å². The van der Waals surface area contributed by atoms with Gasteiger partial charge in [-0.15, -0.1) is 0 Å². The zero-order chi connectivity index (χ0) is 21.6. The third kappa shape index (κ3) is 4.11. The van der Waals surface area contributed by atoms with Crippen LogP contribution in [0.5, 0.6) is 0 Å². The van der Waals surface area contributed by atoms with Crippen LogP contribution in [0, 0.1) is 17.8 Å². The topological polar surface area (TPSA) is 107 Å². The molecule has 2 fully saturated rings. The molecular formula is C21H30N4O3S2. The van der Waals surface area contributed by atoms with Crippen LogP contribution in [0.1, 0.15) is 46.5 Å². The van der Waals surface area contributed by atoms with Gasteiger partial charge in [0, 0.05) is 12.6 Å². The van der Waals surface area contributed by atoms with E-state index in [4.69, 9.17) is 5.14 Å². The summed E-state index contributed by atoms with van der Waals surface area (Å²) in [5.41, 5.74) is 1.39. The average molecular weight is 451 g/mol. The van der Waals surface area contributed by atoms with Crippen molar-refractivity contribution in [1.29, 1.82) is 0 Å². The zero-order valence-electron chi connectivity index (χ0n) is 17.7. The second kappa shape index (κ2) is 8.16. The summed E-state index contributed by atoms with van der Waals surface area (Å²) < 4.78 is 25.3. The lowest BCUT2D eigenvalue weighted by molar-refractivity contribution is -0.121. The maximum absolute atomic E-state index is 12.9. The highest BCUT2D eigenvalue weighted by Crippen LogP contribution is 2.49. The summed E-state index contributed by atoms with van der Waals surface area (Å²) >= 11 is 1.40. The number of sulfonamides is 1. The van der Waals surface area contributed by atoms with E-state index in [1.165, 1.54) is 49.6 Å². The summed E-state index contributed by atoms with van der Waals surface area (Å²) in [5.74, 6) is 2.25. The molecule has 3 N–H and O–H groups in total. The molecule has 30 heavy (non-hydrogen) atoms. The molecule has 2 aromatic rings. The predicted octanol–water partition coefficient (Wildman–Crippen LogP) is 3.13. The normalized spacial score (nSPS) is 25.5. The molecule has 1 amide bonds. The lowest BCUT2D eigenvalue weighted by Crippen LogP contribution is -2.43. The molecule has 0 spiro atoms. The summed E-state index contributed by atoms with van der Waals surface area (Å²) in [6, 6.07) is 4.89. The van der Waals surface area contributed by atoms with E-state index in [0.29, 0.717) is 23.1 Å².